The molecular weight excluding hydrogens is 328 g/mol. The highest BCUT2D eigenvalue weighted by molar-refractivity contribution is 7.89. The van der Waals surface area contributed by atoms with Crippen LogP contribution in [0.1, 0.15) is 24.8 Å². The molecule has 1 atom stereocenters. The molecule has 6 nitrogen and oxygen atoms in total. The van der Waals surface area contributed by atoms with Gasteiger partial charge < -0.3 is 9.84 Å². The topological polar surface area (TPSA) is 78.9 Å². The fourth-order valence-corrected chi connectivity index (χ4v) is 3.73. The lowest BCUT2D eigenvalue weighted by Gasteiger charge is -2.34. The highest BCUT2D eigenvalue weighted by atomic mass is 32.2. The third-order valence-electron chi connectivity index (χ3n) is 4.32. The zero-order valence-corrected chi connectivity index (χ0v) is 15.1. The number of nitrogens with zero attached hydrogens (tertiary/aromatic N) is 1. The zero-order chi connectivity index (χ0) is 17.4. The Hall–Kier alpha value is -1.15. The summed E-state index contributed by atoms with van der Waals surface area (Å²) in [5.74, 6) is 0.611. The minimum absolute atomic E-state index is 0.0652. The maximum atomic E-state index is 12.0. The van der Waals surface area contributed by atoms with E-state index in [-0.39, 0.29) is 25.0 Å². The molecule has 0 unspecified atom stereocenters. The van der Waals surface area contributed by atoms with Gasteiger partial charge in [0.2, 0.25) is 10.0 Å². The monoisotopic (exact) mass is 356 g/mol. The van der Waals surface area contributed by atoms with Crippen molar-refractivity contribution in [3.8, 4) is 5.75 Å². The van der Waals surface area contributed by atoms with Gasteiger partial charge in [-0.15, -0.1) is 0 Å². The first-order valence-electron chi connectivity index (χ1n) is 8.52. The van der Waals surface area contributed by atoms with Crippen LogP contribution in [-0.4, -0.2) is 63.1 Å². The Morgan fingerprint density at radius 2 is 2.04 bits per heavy atom. The van der Waals surface area contributed by atoms with Crippen molar-refractivity contribution in [1.29, 1.82) is 0 Å². The highest BCUT2D eigenvalue weighted by Crippen LogP contribution is 2.15. The summed E-state index contributed by atoms with van der Waals surface area (Å²) in [6, 6.07) is 7.69. The molecule has 0 spiro atoms. The molecule has 24 heavy (non-hydrogen) atoms. The normalized spacial score (nSPS) is 19.3. The number of hydrogen-bond donors (Lipinski definition) is 2. The van der Waals surface area contributed by atoms with Crippen molar-refractivity contribution in [3.05, 3.63) is 29.8 Å². The van der Waals surface area contributed by atoms with Crippen molar-refractivity contribution in [2.45, 2.75) is 32.2 Å². The maximum absolute atomic E-state index is 12.0. The first-order valence-corrected chi connectivity index (χ1v) is 10.2. The van der Waals surface area contributed by atoms with Gasteiger partial charge in [-0.05, 0) is 38.4 Å². The summed E-state index contributed by atoms with van der Waals surface area (Å²) in [7, 11) is -3.35. The van der Waals surface area contributed by atoms with Crippen LogP contribution in [0.4, 0.5) is 0 Å². The van der Waals surface area contributed by atoms with Crippen molar-refractivity contribution < 1.29 is 18.3 Å². The lowest BCUT2D eigenvalue weighted by atomic mass is 10.0. The number of nitrogens with one attached hydrogen (secondary N) is 1. The molecule has 0 amide bonds. The molecule has 2 N–H and O–H groups in total. The molecule has 136 valence electrons. The van der Waals surface area contributed by atoms with Crippen LogP contribution in [0.15, 0.2) is 24.3 Å². The van der Waals surface area contributed by atoms with Gasteiger partial charge in [0.1, 0.15) is 12.4 Å². The van der Waals surface area contributed by atoms with Gasteiger partial charge in [0.05, 0.1) is 12.4 Å². The summed E-state index contributed by atoms with van der Waals surface area (Å²) in [5, 5.41) is 9.37. The largest absolute Gasteiger partial charge is 0.492 e. The number of sulfonamides is 1. The van der Waals surface area contributed by atoms with E-state index < -0.39 is 10.0 Å². The second-order valence-corrected chi connectivity index (χ2v) is 8.17. The van der Waals surface area contributed by atoms with Gasteiger partial charge in [-0.3, -0.25) is 4.90 Å². The molecule has 7 heteroatoms. The predicted molar refractivity (Wildman–Crippen MR) is 94.8 cm³/mol. The SMILES string of the molecule is Cc1ccc(OCCS(=O)(=O)NCCN2CCCC[C@H]2CO)cc1. The van der Waals surface area contributed by atoms with Gasteiger partial charge in [-0.2, -0.15) is 0 Å². The molecule has 1 aliphatic heterocycles. The fraction of sp³-hybridized carbons (Fsp3) is 0.647. The molecule has 1 fully saturated rings. The Morgan fingerprint density at radius 3 is 2.75 bits per heavy atom. The summed E-state index contributed by atoms with van der Waals surface area (Å²) in [4.78, 5) is 2.16. The molecule has 1 saturated heterocycles. The van der Waals surface area contributed by atoms with Gasteiger partial charge in [0, 0.05) is 19.1 Å². The average Bonchev–Trinajstić information content (AvgIpc) is 2.57. The second-order valence-electron chi connectivity index (χ2n) is 6.24. The summed E-state index contributed by atoms with van der Waals surface area (Å²) < 4.78 is 32.1. The van der Waals surface area contributed by atoms with Crippen LogP contribution in [0, 0.1) is 6.92 Å². The zero-order valence-electron chi connectivity index (χ0n) is 14.3. The smallest absolute Gasteiger partial charge is 0.214 e. The number of aryl methyl sites for hydroxylation is 1. The second kappa shape index (κ2) is 9.36. The molecule has 0 radical (unpaired) electrons. The van der Waals surface area contributed by atoms with Crippen molar-refractivity contribution in [3.63, 3.8) is 0 Å². The molecule has 1 aromatic carbocycles. The molecule has 2 rings (SSSR count). The molecule has 0 bridgehead atoms. The minimum atomic E-state index is -3.35. The van der Waals surface area contributed by atoms with E-state index >= 15 is 0 Å². The molecule has 0 aromatic heterocycles. The van der Waals surface area contributed by atoms with Crippen molar-refractivity contribution in [2.75, 3.05) is 38.6 Å². The summed E-state index contributed by atoms with van der Waals surface area (Å²) in [5.41, 5.74) is 1.13. The van der Waals surface area contributed by atoms with E-state index in [0.717, 1.165) is 31.4 Å². The summed E-state index contributed by atoms with van der Waals surface area (Å²) in [6.07, 6.45) is 3.21. The van der Waals surface area contributed by atoms with Gasteiger partial charge >= 0.3 is 0 Å². The van der Waals surface area contributed by atoms with E-state index in [1.165, 1.54) is 0 Å². The number of piperidine rings is 1. The summed E-state index contributed by atoms with van der Waals surface area (Å²) in [6.45, 7) is 4.16. The lowest BCUT2D eigenvalue weighted by molar-refractivity contribution is 0.0923. The van der Waals surface area contributed by atoms with Crippen LogP contribution >= 0.6 is 0 Å². The quantitative estimate of drug-likeness (QED) is 0.694. The lowest BCUT2D eigenvalue weighted by Crippen LogP contribution is -2.45. The van der Waals surface area contributed by atoms with Crippen molar-refractivity contribution >= 4 is 10.0 Å². The maximum Gasteiger partial charge on any atom is 0.214 e. The number of ether oxygens (including phenoxy) is 1. The van der Waals surface area contributed by atoms with E-state index in [1.807, 2.05) is 31.2 Å². The van der Waals surface area contributed by atoms with E-state index in [1.54, 1.807) is 0 Å². The van der Waals surface area contributed by atoms with Crippen LogP contribution in [0.25, 0.3) is 0 Å². The Balaban J connectivity index is 1.68. The molecular formula is C17H28N2O4S. The number of rotatable bonds is 9. The van der Waals surface area contributed by atoms with Gasteiger partial charge in [-0.1, -0.05) is 24.1 Å². The van der Waals surface area contributed by atoms with Crippen LogP contribution in [0.2, 0.25) is 0 Å². The Morgan fingerprint density at radius 1 is 1.29 bits per heavy atom. The van der Waals surface area contributed by atoms with Crippen LogP contribution < -0.4 is 9.46 Å². The Kier molecular flexibility index (Phi) is 7.48. The van der Waals surface area contributed by atoms with Gasteiger partial charge in [-0.25, -0.2) is 13.1 Å². The molecule has 1 heterocycles. The summed E-state index contributed by atoms with van der Waals surface area (Å²) >= 11 is 0. The van der Waals surface area contributed by atoms with E-state index in [0.29, 0.717) is 18.8 Å². The van der Waals surface area contributed by atoms with Crippen molar-refractivity contribution in [1.82, 2.24) is 9.62 Å². The molecule has 0 saturated carbocycles. The number of hydrogen-bond acceptors (Lipinski definition) is 5. The molecule has 0 aliphatic carbocycles. The van der Waals surface area contributed by atoms with Crippen LogP contribution in [0.3, 0.4) is 0 Å². The minimum Gasteiger partial charge on any atom is -0.492 e. The highest BCUT2D eigenvalue weighted by Gasteiger charge is 2.21. The van der Waals surface area contributed by atoms with E-state index in [2.05, 4.69) is 9.62 Å². The molecule has 1 aliphatic rings. The number of aliphatic hydroxyl groups excluding tert-OH is 1. The third kappa shape index (κ3) is 6.39. The predicted octanol–water partition coefficient (Wildman–Crippen LogP) is 1.14. The van der Waals surface area contributed by atoms with Crippen LogP contribution in [-0.2, 0) is 10.0 Å². The van der Waals surface area contributed by atoms with E-state index in [4.69, 9.17) is 4.74 Å². The first kappa shape index (κ1) is 19.2. The van der Waals surface area contributed by atoms with Crippen molar-refractivity contribution in [2.24, 2.45) is 0 Å². The molecule has 1 aromatic rings. The van der Waals surface area contributed by atoms with Crippen LogP contribution in [0.5, 0.6) is 5.75 Å². The standard InChI is InChI=1S/C17H28N2O4S/c1-15-5-7-17(8-6-15)23-12-13-24(21,22)18-9-11-19-10-3-2-4-16(19)14-20/h5-8,16,18,20H,2-4,9-14H2,1H3/t16-/m0/s1. The number of benzene rings is 1. The van der Waals surface area contributed by atoms with Gasteiger partial charge in [0.25, 0.3) is 0 Å². The van der Waals surface area contributed by atoms with Gasteiger partial charge in [0.15, 0.2) is 0 Å². The average molecular weight is 356 g/mol. The number of likely N-dealkylation sites (tertiary alicyclic amines) is 1. The number of aliphatic hydroxyl groups is 1. The fourth-order valence-electron chi connectivity index (χ4n) is 2.88. The Labute approximate surface area is 144 Å². The third-order valence-corrected chi connectivity index (χ3v) is 5.67. The first-order chi connectivity index (χ1) is 11.5. The Bertz CT molecular complexity index is 589. The van der Waals surface area contributed by atoms with E-state index in [9.17, 15) is 13.5 Å².